The molecule has 6 nitrogen and oxygen atoms in total. The molecule has 0 aromatic carbocycles. The van der Waals surface area contributed by atoms with E-state index in [2.05, 4.69) is 10.3 Å². The van der Waals surface area contributed by atoms with E-state index >= 15 is 0 Å². The first-order chi connectivity index (χ1) is 10.4. The second-order valence-electron chi connectivity index (χ2n) is 6.61. The van der Waals surface area contributed by atoms with Crippen LogP contribution in [0.1, 0.15) is 43.5 Å². The van der Waals surface area contributed by atoms with Crippen molar-refractivity contribution in [1.29, 1.82) is 0 Å². The molecule has 1 aromatic rings. The van der Waals surface area contributed by atoms with Crippen LogP contribution < -0.4 is 5.32 Å². The number of carbonyl (C=O) groups excluding carboxylic acids is 2. The van der Waals surface area contributed by atoms with Gasteiger partial charge in [0, 0.05) is 24.2 Å². The molecule has 1 aliphatic carbocycles. The molecule has 0 bridgehead atoms. The Morgan fingerprint density at radius 1 is 1.36 bits per heavy atom. The fourth-order valence-corrected chi connectivity index (χ4v) is 2.80. The summed E-state index contributed by atoms with van der Waals surface area (Å²) in [6.45, 7) is 4.25. The summed E-state index contributed by atoms with van der Waals surface area (Å²) < 4.78 is 0. The van der Waals surface area contributed by atoms with Crippen LogP contribution in [0.15, 0.2) is 18.3 Å². The number of nitrogens with zero attached hydrogens (tertiary/aromatic N) is 2. The highest BCUT2D eigenvalue weighted by molar-refractivity contribution is 5.97. The molecular weight excluding hydrogens is 282 g/mol. The van der Waals surface area contributed by atoms with Crippen LogP contribution in [0.2, 0.25) is 0 Å². The summed E-state index contributed by atoms with van der Waals surface area (Å²) in [5.41, 5.74) is -0.110. The number of hydrogen-bond acceptors (Lipinski definition) is 4. The van der Waals surface area contributed by atoms with Crippen LogP contribution in [0.4, 0.5) is 5.82 Å². The predicted molar refractivity (Wildman–Crippen MR) is 81.3 cm³/mol. The maximum atomic E-state index is 12.7. The lowest BCUT2D eigenvalue weighted by atomic mass is 9.98. The Bertz CT molecular complexity index is 610. The number of pyridine rings is 1. The van der Waals surface area contributed by atoms with Crippen molar-refractivity contribution in [3.05, 3.63) is 23.9 Å². The summed E-state index contributed by atoms with van der Waals surface area (Å²) in [6.07, 6.45) is 3.42. The topological polar surface area (TPSA) is 82.5 Å². The summed E-state index contributed by atoms with van der Waals surface area (Å²) >= 11 is 0. The van der Waals surface area contributed by atoms with Crippen LogP contribution >= 0.6 is 0 Å². The Morgan fingerprint density at radius 2 is 2.09 bits per heavy atom. The average molecular weight is 303 g/mol. The highest BCUT2D eigenvalue weighted by atomic mass is 16.3. The third-order valence-corrected chi connectivity index (χ3v) is 4.59. The van der Waals surface area contributed by atoms with E-state index in [4.69, 9.17) is 0 Å². The number of rotatable bonds is 3. The third kappa shape index (κ3) is 2.70. The summed E-state index contributed by atoms with van der Waals surface area (Å²) in [5.74, 6) is 0.314. The zero-order chi connectivity index (χ0) is 15.9. The second kappa shape index (κ2) is 5.35. The van der Waals surface area contributed by atoms with E-state index < -0.39 is 11.6 Å². The zero-order valence-electron chi connectivity index (χ0n) is 12.9. The molecule has 1 unspecified atom stereocenters. The number of anilines is 1. The molecule has 1 aliphatic heterocycles. The Labute approximate surface area is 129 Å². The SMILES string of the molecule is CC1(C)C(O)CCN1C(=O)c1ccnc(NC(=O)C2CC2)c1. The van der Waals surface area contributed by atoms with Crippen LogP contribution in [0.3, 0.4) is 0 Å². The van der Waals surface area contributed by atoms with Gasteiger partial charge in [-0.25, -0.2) is 4.98 Å². The van der Waals surface area contributed by atoms with Gasteiger partial charge in [0.1, 0.15) is 5.82 Å². The summed E-state index contributed by atoms with van der Waals surface area (Å²) in [6, 6.07) is 3.24. The molecule has 2 aliphatic rings. The van der Waals surface area contributed by atoms with Gasteiger partial charge in [0.25, 0.3) is 5.91 Å². The van der Waals surface area contributed by atoms with Gasteiger partial charge in [0.05, 0.1) is 11.6 Å². The number of nitrogens with one attached hydrogen (secondary N) is 1. The highest BCUT2D eigenvalue weighted by Gasteiger charge is 2.43. The average Bonchev–Trinajstić information content (AvgIpc) is 3.28. The summed E-state index contributed by atoms with van der Waals surface area (Å²) in [5, 5.41) is 12.8. The van der Waals surface area contributed by atoms with Crippen molar-refractivity contribution in [2.75, 3.05) is 11.9 Å². The molecule has 1 saturated heterocycles. The van der Waals surface area contributed by atoms with E-state index in [1.165, 1.54) is 6.20 Å². The Morgan fingerprint density at radius 3 is 2.68 bits per heavy atom. The molecule has 1 aromatic heterocycles. The summed E-state index contributed by atoms with van der Waals surface area (Å²) in [7, 11) is 0. The van der Waals surface area contributed by atoms with Crippen LogP contribution in [-0.2, 0) is 4.79 Å². The largest absolute Gasteiger partial charge is 0.391 e. The number of hydrogen-bond donors (Lipinski definition) is 2. The van der Waals surface area contributed by atoms with Gasteiger partial charge < -0.3 is 15.3 Å². The standard InChI is InChI=1S/C16H21N3O3/c1-16(2)12(20)6-8-19(16)15(22)11-5-7-17-13(9-11)18-14(21)10-3-4-10/h5,7,9-10,12,20H,3-4,6,8H2,1-2H3,(H,17,18,21). The van der Waals surface area contributed by atoms with Crippen molar-refractivity contribution < 1.29 is 14.7 Å². The molecule has 2 amide bonds. The van der Waals surface area contributed by atoms with Crippen molar-refractivity contribution in [1.82, 2.24) is 9.88 Å². The highest BCUT2D eigenvalue weighted by Crippen LogP contribution is 2.31. The fourth-order valence-electron chi connectivity index (χ4n) is 2.80. The van der Waals surface area contributed by atoms with Gasteiger partial charge in [-0.05, 0) is 45.2 Å². The van der Waals surface area contributed by atoms with E-state index in [1.807, 2.05) is 13.8 Å². The van der Waals surface area contributed by atoms with Gasteiger partial charge in [0.2, 0.25) is 5.91 Å². The molecule has 22 heavy (non-hydrogen) atoms. The van der Waals surface area contributed by atoms with Gasteiger partial charge in [0.15, 0.2) is 0 Å². The number of amides is 2. The van der Waals surface area contributed by atoms with Crippen LogP contribution in [0, 0.1) is 5.92 Å². The Hall–Kier alpha value is -1.95. The number of aliphatic hydroxyl groups is 1. The Balaban J connectivity index is 1.76. The van der Waals surface area contributed by atoms with Crippen molar-refractivity contribution in [3.63, 3.8) is 0 Å². The Kier molecular flexibility index (Phi) is 3.64. The first-order valence-corrected chi connectivity index (χ1v) is 7.66. The van der Waals surface area contributed by atoms with Crippen LogP contribution in [-0.4, -0.2) is 45.0 Å². The normalized spacial score (nSPS) is 23.4. The minimum atomic E-state index is -0.586. The van der Waals surface area contributed by atoms with E-state index in [1.54, 1.807) is 17.0 Å². The smallest absolute Gasteiger partial charge is 0.254 e. The van der Waals surface area contributed by atoms with Gasteiger partial charge in [-0.1, -0.05) is 0 Å². The molecule has 0 radical (unpaired) electrons. The molecule has 118 valence electrons. The molecule has 0 spiro atoms. The lowest BCUT2D eigenvalue weighted by Gasteiger charge is -2.33. The van der Waals surface area contributed by atoms with E-state index in [0.717, 1.165) is 12.8 Å². The molecular formula is C16H21N3O3. The molecule has 6 heteroatoms. The maximum Gasteiger partial charge on any atom is 0.254 e. The summed E-state index contributed by atoms with van der Waals surface area (Å²) in [4.78, 5) is 30.2. The molecule has 1 saturated carbocycles. The minimum Gasteiger partial charge on any atom is -0.391 e. The first kappa shape index (κ1) is 15.0. The molecule has 1 atom stereocenters. The van der Waals surface area contributed by atoms with Crippen molar-refractivity contribution >= 4 is 17.6 Å². The third-order valence-electron chi connectivity index (χ3n) is 4.59. The predicted octanol–water partition coefficient (Wildman–Crippen LogP) is 1.42. The monoisotopic (exact) mass is 303 g/mol. The van der Waals surface area contributed by atoms with Gasteiger partial charge >= 0.3 is 0 Å². The molecule has 2 N–H and O–H groups in total. The second-order valence-corrected chi connectivity index (χ2v) is 6.61. The number of aromatic nitrogens is 1. The molecule has 3 rings (SSSR count). The fraction of sp³-hybridized carbons (Fsp3) is 0.562. The quantitative estimate of drug-likeness (QED) is 0.884. The number of likely N-dealkylation sites (tertiary alicyclic amines) is 1. The van der Waals surface area contributed by atoms with Crippen molar-refractivity contribution in [2.45, 2.75) is 44.8 Å². The minimum absolute atomic E-state index is 0.0333. The maximum absolute atomic E-state index is 12.7. The first-order valence-electron chi connectivity index (χ1n) is 7.66. The lowest BCUT2D eigenvalue weighted by Crippen LogP contribution is -2.48. The lowest BCUT2D eigenvalue weighted by molar-refractivity contribution is -0.117. The van der Waals surface area contributed by atoms with Crippen LogP contribution in [0.5, 0.6) is 0 Å². The molecule has 2 fully saturated rings. The van der Waals surface area contributed by atoms with Gasteiger partial charge in [-0.3, -0.25) is 9.59 Å². The van der Waals surface area contributed by atoms with E-state index in [9.17, 15) is 14.7 Å². The zero-order valence-corrected chi connectivity index (χ0v) is 12.9. The van der Waals surface area contributed by atoms with Crippen molar-refractivity contribution in [2.24, 2.45) is 5.92 Å². The van der Waals surface area contributed by atoms with Gasteiger partial charge in [-0.2, -0.15) is 0 Å². The number of carbonyl (C=O) groups is 2. The van der Waals surface area contributed by atoms with Crippen LogP contribution in [0.25, 0.3) is 0 Å². The van der Waals surface area contributed by atoms with Gasteiger partial charge in [-0.15, -0.1) is 0 Å². The van der Waals surface area contributed by atoms with Crippen molar-refractivity contribution in [3.8, 4) is 0 Å². The molecule has 2 heterocycles. The van der Waals surface area contributed by atoms with E-state index in [-0.39, 0.29) is 17.7 Å². The number of aliphatic hydroxyl groups excluding tert-OH is 1. The van der Waals surface area contributed by atoms with E-state index in [0.29, 0.717) is 24.3 Å².